The van der Waals surface area contributed by atoms with Crippen molar-refractivity contribution in [3.05, 3.63) is 319 Å². The normalized spacial score (nSPS) is 14.9. The quantitative estimate of drug-likeness (QED) is 0.144. The van der Waals surface area contributed by atoms with Crippen LogP contribution in [0.25, 0.3) is 166 Å². The van der Waals surface area contributed by atoms with Crippen LogP contribution in [0.5, 0.6) is 0 Å². The van der Waals surface area contributed by atoms with E-state index in [4.69, 9.17) is 53.6 Å². The second-order valence-corrected chi connectivity index (χ2v) is 35.9. The Kier molecular flexibility index (Phi) is 18.1. The lowest BCUT2D eigenvalue weighted by atomic mass is 9.92. The first-order valence-electron chi connectivity index (χ1n) is 56.7. The first-order chi connectivity index (χ1) is 74.9. The Morgan fingerprint density at radius 1 is 0.285 bits per heavy atom. The van der Waals surface area contributed by atoms with Crippen LogP contribution in [0.4, 0.5) is 0 Å². The van der Waals surface area contributed by atoms with Gasteiger partial charge in [-0.3, -0.25) is 0 Å². The molecule has 0 aliphatic carbocycles. The zero-order valence-electron chi connectivity index (χ0n) is 106. The highest BCUT2D eigenvalue weighted by Gasteiger charge is 2.33. The molecule has 0 saturated heterocycles. The van der Waals surface area contributed by atoms with Crippen molar-refractivity contribution in [1.82, 2.24) is 0 Å². The fraction of sp³-hybridized carbons (Fsp3) is 0.262. The number of benzene rings is 10. The van der Waals surface area contributed by atoms with Crippen molar-refractivity contribution in [2.24, 2.45) is 35.2 Å². The fourth-order valence-electron chi connectivity index (χ4n) is 19.0. The first kappa shape index (κ1) is 68.4. The summed E-state index contributed by atoms with van der Waals surface area (Å²) >= 11 is 0. The highest BCUT2D eigenvalue weighted by molar-refractivity contribution is 6.17. The average molecular weight is 1830 g/mol. The third-order valence-corrected chi connectivity index (χ3v) is 27.2. The maximum atomic E-state index is 9.73. The Labute approximate surface area is 836 Å². The molecule has 0 aliphatic rings. The number of aromatic nitrogens is 5. The van der Waals surface area contributed by atoms with Crippen molar-refractivity contribution in [2.45, 2.75) is 185 Å². The van der Waals surface area contributed by atoms with Gasteiger partial charge in [0.05, 0.1) is 86.8 Å². The summed E-state index contributed by atoms with van der Waals surface area (Å²) in [6.45, 7) is 20.8. The largest absolute Gasteiger partial charge is 0.455 e. The van der Waals surface area contributed by atoms with Gasteiger partial charge in [-0.1, -0.05) is 92.6 Å². The predicted molar refractivity (Wildman–Crippen MR) is 553 cm³/mol. The molecule has 0 fully saturated rings. The summed E-state index contributed by atoms with van der Waals surface area (Å²) in [5.41, 5.74) is 27.9. The highest BCUT2D eigenvalue weighted by atomic mass is 16.3. The van der Waals surface area contributed by atoms with Gasteiger partial charge < -0.3 is 22.1 Å². The molecule has 10 heterocycles. The number of hydrogen-bond donors (Lipinski definition) is 0. The maximum Gasteiger partial charge on any atom is 0.216 e. The molecule has 0 bridgehead atoms. The van der Waals surface area contributed by atoms with Crippen LogP contribution in [0, 0.1) is 222 Å². The molecule has 1 unspecified atom stereocenters. The molecular formula is C122H119N10O5+5. The predicted octanol–water partition coefficient (Wildman–Crippen LogP) is 28.3. The number of nitrogens with zero attached hydrogens (tertiary/aromatic N) is 10. The number of rotatable bonds is 6. The molecule has 0 amide bonds. The second-order valence-electron chi connectivity index (χ2n) is 35.9. The molecule has 0 saturated carbocycles. The van der Waals surface area contributed by atoms with Crippen molar-refractivity contribution in [3.8, 4) is 86.6 Å². The van der Waals surface area contributed by atoms with Crippen LogP contribution in [0.3, 0.4) is 0 Å². The van der Waals surface area contributed by atoms with Gasteiger partial charge in [0, 0.05) is 173 Å². The summed E-state index contributed by atoms with van der Waals surface area (Å²) in [4.78, 5) is 0. The van der Waals surface area contributed by atoms with Crippen molar-refractivity contribution >= 4 is 110 Å². The van der Waals surface area contributed by atoms with Crippen LogP contribution < -0.4 is 22.8 Å². The third-order valence-electron chi connectivity index (χ3n) is 27.2. The smallest absolute Gasteiger partial charge is 0.216 e. The van der Waals surface area contributed by atoms with Crippen molar-refractivity contribution in [1.29, 1.82) is 26.3 Å². The van der Waals surface area contributed by atoms with Gasteiger partial charge in [0.2, 0.25) is 28.5 Å². The number of furan rings is 5. The summed E-state index contributed by atoms with van der Waals surface area (Å²) in [7, 11) is 8.74. The van der Waals surface area contributed by atoms with Gasteiger partial charge in [0.25, 0.3) is 0 Å². The van der Waals surface area contributed by atoms with Gasteiger partial charge in [-0.2, -0.15) is 49.1 Å². The molecule has 15 nitrogen and oxygen atoms in total. The number of aryl methyl sites for hydroxylation is 10. The van der Waals surface area contributed by atoms with Crippen molar-refractivity contribution < 1.29 is 77.8 Å². The molecule has 682 valence electrons. The Morgan fingerprint density at radius 3 is 1.03 bits per heavy atom. The number of fused-ring (bicyclic) bond motifs is 15. The van der Waals surface area contributed by atoms with E-state index >= 15 is 0 Å². The molecule has 20 aromatic rings. The SMILES string of the molecule is [2H]c1c(C([2H])(C)C([2H])([2H])[2H])c(C([2H])([2H])[2H])c(C)[n+](C)c1-c1c(C)ccc2c1oc1c(C)ccc(C#N)c12.[2H]c1c(C)c(C([2H])([2H])[2H])c(C)[n+](C)c1-c1c(C)cc(C)c2c1oc1cccc(C#N)c12.[2H]c1c(C)c(C([2H])([2H])[2H])c(C)[n+](C)c1-c1c(C)ccc2c1oc1c(C)ccc(C#N)c12.[2H]c1c(C)c(C([2H])([2H])[2H])c(C)[n+](C)c1-c1c(C)ccc2c1oc1cc(C)cc(C#N)c12.[2H]c1c(C)c(C([2H])([2H])[2H])c(C)[n+](C)c1-c1c(C)ccc2c1oc1ccc(C)c(C#N)c12. The lowest BCUT2D eigenvalue weighted by Gasteiger charge is -2.14. The topological polar surface area (TPSA) is 204 Å². The van der Waals surface area contributed by atoms with E-state index in [0.29, 0.717) is 173 Å². The fourth-order valence-corrected chi connectivity index (χ4v) is 19.0. The lowest BCUT2D eigenvalue weighted by Crippen LogP contribution is -2.36. The Hall–Kier alpha value is -15.6. The standard InChI is InChI=1S/C26H27N2O.4C24H23N2O/c1-14(2)21-12-22(28(7)18(6)17(21)5)23-15(3)9-11-20-24-19(13-27)10-8-16(4)25(24)29-26(20)23;1-13-8-10-21-23(19(13)12-25)18-9-7-14(2)22(24(18)27-21)20-11-15(3)16(4)17(5)26(20)6;1-13-8-10-19-22-18(12-25)9-7-14(2)23(22)27-24(19)21(13)20-11-15(3)16(4)17(5)26(20)6;1-13-9-18(12-25)23-19-8-7-14(2)22(24(19)27-21(23)10-13)20-11-15(3)16(4)17(5)26(20)6;1-13-11-19(26(6)17(5)16(13)4)21-14(2)10-15(3)22-23-18(12-25)8-7-9-20(23)27-24(21)22/h8-12,14H,1-7H3;4*7-11H,1-6H3/q5*+1/i1D3,5D3,12D,14D;4*4D3,11D. The molecule has 0 aliphatic heterocycles. The Balaban J connectivity index is 0.000000142. The third kappa shape index (κ3) is 15.7. The molecule has 0 spiro atoms. The number of pyridine rings is 5. The summed E-state index contributed by atoms with van der Waals surface area (Å²) in [6, 6.07) is 49.0. The minimum atomic E-state index is -2.90. The molecule has 15 heteroatoms. The van der Waals surface area contributed by atoms with Crippen LogP contribution in [0.15, 0.2) is 174 Å². The van der Waals surface area contributed by atoms with Gasteiger partial charge >= 0.3 is 0 Å². The van der Waals surface area contributed by atoms with Crippen LogP contribution in [-0.2, 0) is 35.2 Å². The van der Waals surface area contributed by atoms with E-state index in [2.05, 4.69) is 30.3 Å². The lowest BCUT2D eigenvalue weighted by molar-refractivity contribution is -0.667. The van der Waals surface area contributed by atoms with Crippen LogP contribution in [-0.4, -0.2) is 0 Å². The van der Waals surface area contributed by atoms with Crippen LogP contribution >= 0.6 is 0 Å². The van der Waals surface area contributed by atoms with Crippen molar-refractivity contribution in [2.75, 3.05) is 0 Å². The van der Waals surface area contributed by atoms with E-state index in [1.807, 2.05) is 160 Å². The zero-order valence-corrected chi connectivity index (χ0v) is 81.6. The van der Waals surface area contributed by atoms with E-state index in [1.165, 1.54) is 0 Å². The number of nitriles is 5. The van der Waals surface area contributed by atoms with Gasteiger partial charge in [0.1, 0.15) is 97.1 Å². The molecule has 1 atom stereocenters. The summed E-state index contributed by atoms with van der Waals surface area (Å²) < 4.78 is 237. The summed E-state index contributed by atoms with van der Waals surface area (Å²) in [6.07, 6.45) is 0. The van der Waals surface area contributed by atoms with E-state index < -0.39 is 47.0 Å². The highest BCUT2D eigenvalue weighted by Crippen LogP contribution is 2.47. The molecule has 0 N–H and O–H groups in total. The monoisotopic (exact) mass is 1830 g/mol. The van der Waals surface area contributed by atoms with Crippen LogP contribution in [0.2, 0.25) is 0 Å². The van der Waals surface area contributed by atoms with Gasteiger partial charge in [-0.25, -0.2) is 0 Å². The van der Waals surface area contributed by atoms with E-state index in [9.17, 15) is 27.7 Å². The summed E-state index contributed by atoms with van der Waals surface area (Å²) in [5.74, 6) is -2.37. The molecule has 0 radical (unpaired) electrons. The van der Waals surface area contributed by atoms with Gasteiger partial charge in [-0.15, -0.1) is 0 Å². The van der Waals surface area contributed by atoms with Gasteiger partial charge in [0.15, 0.2) is 28.5 Å². The maximum absolute atomic E-state index is 9.73. The van der Waals surface area contributed by atoms with E-state index in [-0.39, 0.29) is 75.0 Å². The molecule has 10 aromatic heterocycles. The molecule has 20 rings (SSSR count). The number of hydrogen-bond acceptors (Lipinski definition) is 10. The minimum Gasteiger partial charge on any atom is -0.455 e. The Bertz CT molecular complexity index is 9780. The van der Waals surface area contributed by atoms with Crippen molar-refractivity contribution in [3.63, 3.8) is 0 Å². The molecular weight excluding hydrogens is 1690 g/mol. The first-order valence-corrected chi connectivity index (χ1v) is 44.7. The van der Waals surface area contributed by atoms with E-state index in [1.54, 1.807) is 151 Å². The molecule has 137 heavy (non-hydrogen) atoms. The van der Waals surface area contributed by atoms with Gasteiger partial charge in [-0.05, 0) is 263 Å². The Morgan fingerprint density at radius 2 is 0.628 bits per heavy atom. The zero-order chi connectivity index (χ0) is 119. The molecule has 10 aromatic carbocycles. The minimum absolute atomic E-state index is 0.159. The van der Waals surface area contributed by atoms with E-state index in [0.717, 1.165) is 122 Å². The van der Waals surface area contributed by atoms with Crippen LogP contribution in [0.1, 0.15) is 220 Å². The second kappa shape index (κ2) is 36.3. The summed E-state index contributed by atoms with van der Waals surface area (Å²) in [5, 5.41) is 56.0. The average Bonchev–Trinajstić information content (AvgIpc) is 1.67.